The molecular formula is C25H20Cl2N2O2. The number of para-hydroxylation sites is 1. The maximum Gasteiger partial charge on any atom is 0.254 e. The largest absolute Gasteiger partial charge is 0.497 e. The zero-order valence-corrected chi connectivity index (χ0v) is 18.4. The summed E-state index contributed by atoms with van der Waals surface area (Å²) in [5.74, 6) is 0.672. The van der Waals surface area contributed by atoms with Crippen LogP contribution in [0.5, 0.6) is 5.75 Å². The monoisotopic (exact) mass is 450 g/mol. The van der Waals surface area contributed by atoms with E-state index in [1.165, 1.54) is 10.9 Å². The van der Waals surface area contributed by atoms with Gasteiger partial charge in [0.05, 0.1) is 13.2 Å². The van der Waals surface area contributed by atoms with Crippen LogP contribution in [0.2, 0.25) is 10.0 Å². The minimum atomic E-state index is -0.257. The number of hydrogen-bond acceptors (Lipinski definition) is 2. The molecule has 1 unspecified atom stereocenters. The molecule has 156 valence electrons. The number of carbonyl (C=O) groups is 1. The quantitative estimate of drug-likeness (QED) is 0.399. The number of benzene rings is 3. The Morgan fingerprint density at radius 2 is 1.74 bits per heavy atom. The van der Waals surface area contributed by atoms with Crippen LogP contribution >= 0.6 is 23.2 Å². The zero-order chi connectivity index (χ0) is 21.5. The molecule has 4 nitrogen and oxygen atoms in total. The van der Waals surface area contributed by atoms with Gasteiger partial charge >= 0.3 is 0 Å². The number of methoxy groups -OCH3 is 1. The number of nitrogens with one attached hydrogen (secondary N) is 1. The molecule has 0 radical (unpaired) electrons. The fraction of sp³-hybridized carbons (Fsp3) is 0.160. The summed E-state index contributed by atoms with van der Waals surface area (Å²) in [4.78, 5) is 19.1. The van der Waals surface area contributed by atoms with Crippen LogP contribution in [-0.4, -0.2) is 29.4 Å². The Kier molecular flexibility index (Phi) is 5.12. The molecule has 0 fully saturated rings. The van der Waals surface area contributed by atoms with Crippen molar-refractivity contribution < 1.29 is 9.53 Å². The van der Waals surface area contributed by atoms with E-state index in [2.05, 4.69) is 17.1 Å². The molecule has 0 spiro atoms. The maximum atomic E-state index is 13.6. The molecule has 0 bridgehead atoms. The first-order valence-electron chi connectivity index (χ1n) is 10.1. The molecule has 1 aliphatic heterocycles. The van der Waals surface area contributed by atoms with Crippen LogP contribution in [0, 0.1) is 0 Å². The van der Waals surface area contributed by atoms with Crippen molar-refractivity contribution in [2.45, 2.75) is 12.5 Å². The summed E-state index contributed by atoms with van der Waals surface area (Å²) in [6, 6.07) is 20.8. The van der Waals surface area contributed by atoms with Gasteiger partial charge in [0.2, 0.25) is 0 Å². The highest BCUT2D eigenvalue weighted by atomic mass is 35.5. The van der Waals surface area contributed by atoms with Crippen molar-refractivity contribution in [3.05, 3.63) is 99.2 Å². The summed E-state index contributed by atoms with van der Waals surface area (Å²) < 4.78 is 5.33. The molecule has 1 N–H and O–H groups in total. The van der Waals surface area contributed by atoms with Gasteiger partial charge in [0.1, 0.15) is 5.75 Å². The fourth-order valence-corrected chi connectivity index (χ4v) is 4.96. The second kappa shape index (κ2) is 7.95. The molecule has 1 atom stereocenters. The van der Waals surface area contributed by atoms with E-state index in [0.29, 0.717) is 22.2 Å². The lowest BCUT2D eigenvalue weighted by atomic mass is 9.91. The Hall–Kier alpha value is -2.95. The van der Waals surface area contributed by atoms with Crippen molar-refractivity contribution in [1.82, 2.24) is 9.88 Å². The summed E-state index contributed by atoms with van der Waals surface area (Å²) in [5.41, 5.74) is 4.86. The Balaban J connectivity index is 1.65. The van der Waals surface area contributed by atoms with Gasteiger partial charge in [-0.25, -0.2) is 0 Å². The van der Waals surface area contributed by atoms with Crippen LogP contribution < -0.4 is 4.74 Å². The second-order valence-electron chi connectivity index (χ2n) is 7.65. The molecule has 6 heteroatoms. The van der Waals surface area contributed by atoms with Crippen molar-refractivity contribution in [3.63, 3.8) is 0 Å². The molecule has 1 aliphatic rings. The van der Waals surface area contributed by atoms with E-state index < -0.39 is 0 Å². The molecule has 31 heavy (non-hydrogen) atoms. The lowest BCUT2D eigenvalue weighted by Crippen LogP contribution is -2.40. The van der Waals surface area contributed by atoms with E-state index in [-0.39, 0.29) is 11.9 Å². The van der Waals surface area contributed by atoms with Gasteiger partial charge in [-0.2, -0.15) is 0 Å². The predicted octanol–water partition coefficient (Wildman–Crippen LogP) is 6.27. The van der Waals surface area contributed by atoms with E-state index in [4.69, 9.17) is 27.9 Å². The number of aromatic amines is 1. The van der Waals surface area contributed by atoms with Crippen LogP contribution in [0.15, 0.2) is 66.7 Å². The first kappa shape index (κ1) is 20.0. The third kappa shape index (κ3) is 3.56. The van der Waals surface area contributed by atoms with Gasteiger partial charge in [-0.1, -0.05) is 53.5 Å². The van der Waals surface area contributed by atoms with Gasteiger partial charge in [0, 0.05) is 38.8 Å². The summed E-state index contributed by atoms with van der Waals surface area (Å²) in [6.07, 6.45) is 0.770. The van der Waals surface area contributed by atoms with Crippen molar-refractivity contribution in [1.29, 1.82) is 0 Å². The number of H-pyrrole nitrogens is 1. The molecule has 4 aromatic rings. The van der Waals surface area contributed by atoms with Crippen LogP contribution in [0.1, 0.15) is 33.2 Å². The normalized spacial score (nSPS) is 15.7. The van der Waals surface area contributed by atoms with E-state index >= 15 is 0 Å². The Bertz CT molecular complexity index is 1260. The molecule has 2 heterocycles. The maximum absolute atomic E-state index is 13.6. The van der Waals surface area contributed by atoms with Gasteiger partial charge < -0.3 is 14.6 Å². The van der Waals surface area contributed by atoms with Crippen molar-refractivity contribution in [3.8, 4) is 5.75 Å². The highest BCUT2D eigenvalue weighted by molar-refractivity contribution is 6.35. The minimum absolute atomic E-state index is 0.102. The standard InChI is InChI=1S/C25H20Cl2N2O2/c1-31-19-8-6-15(7-9-19)24-23-21(20-4-2-3-5-22(20)28-23)10-11-29(24)25(30)16-12-17(26)14-18(27)13-16/h2-9,12-14,24,28H,10-11H2,1H3. The number of rotatable bonds is 3. The summed E-state index contributed by atoms with van der Waals surface area (Å²) >= 11 is 12.4. The smallest absolute Gasteiger partial charge is 0.254 e. The van der Waals surface area contributed by atoms with Crippen molar-refractivity contribution in [2.24, 2.45) is 0 Å². The van der Waals surface area contributed by atoms with Gasteiger partial charge in [-0.15, -0.1) is 0 Å². The molecule has 1 aromatic heterocycles. The number of amides is 1. The van der Waals surface area contributed by atoms with Gasteiger partial charge in [-0.05, 0) is 53.9 Å². The van der Waals surface area contributed by atoms with Gasteiger partial charge in [-0.3, -0.25) is 4.79 Å². The number of nitrogens with zero attached hydrogens (tertiary/aromatic N) is 1. The summed E-state index contributed by atoms with van der Waals surface area (Å²) in [7, 11) is 1.64. The molecule has 5 rings (SSSR count). The topological polar surface area (TPSA) is 45.3 Å². The fourth-order valence-electron chi connectivity index (χ4n) is 4.44. The second-order valence-corrected chi connectivity index (χ2v) is 8.52. The van der Waals surface area contributed by atoms with E-state index in [0.717, 1.165) is 28.9 Å². The average molecular weight is 451 g/mol. The SMILES string of the molecule is COc1ccc(C2c3[nH]c4ccccc4c3CCN2C(=O)c2cc(Cl)cc(Cl)c2)cc1. The molecule has 3 aromatic carbocycles. The van der Waals surface area contributed by atoms with E-state index in [1.54, 1.807) is 25.3 Å². The minimum Gasteiger partial charge on any atom is -0.497 e. The number of carbonyl (C=O) groups excluding carboxylic acids is 1. The summed E-state index contributed by atoms with van der Waals surface area (Å²) in [5, 5.41) is 2.09. The average Bonchev–Trinajstić information content (AvgIpc) is 3.16. The third-order valence-corrected chi connectivity index (χ3v) is 6.27. The van der Waals surface area contributed by atoms with Gasteiger partial charge in [0.15, 0.2) is 0 Å². The van der Waals surface area contributed by atoms with Crippen LogP contribution in [0.3, 0.4) is 0 Å². The lowest BCUT2D eigenvalue weighted by Gasteiger charge is -2.36. The Morgan fingerprint density at radius 3 is 2.45 bits per heavy atom. The van der Waals surface area contributed by atoms with Crippen molar-refractivity contribution >= 4 is 40.0 Å². The molecule has 1 amide bonds. The highest BCUT2D eigenvalue weighted by Gasteiger charge is 2.35. The first-order valence-corrected chi connectivity index (χ1v) is 10.8. The molecule has 0 aliphatic carbocycles. The van der Waals surface area contributed by atoms with Crippen LogP contribution in [0.4, 0.5) is 0 Å². The highest BCUT2D eigenvalue weighted by Crippen LogP contribution is 2.39. The molecular weight excluding hydrogens is 431 g/mol. The number of halogens is 2. The Labute approximate surface area is 190 Å². The van der Waals surface area contributed by atoms with Gasteiger partial charge in [0.25, 0.3) is 5.91 Å². The molecule has 0 saturated heterocycles. The van der Waals surface area contributed by atoms with E-state index in [9.17, 15) is 4.79 Å². The summed E-state index contributed by atoms with van der Waals surface area (Å²) in [6.45, 7) is 0.592. The number of ether oxygens (including phenoxy) is 1. The Morgan fingerprint density at radius 1 is 1.03 bits per heavy atom. The molecule has 0 saturated carbocycles. The van der Waals surface area contributed by atoms with Crippen molar-refractivity contribution in [2.75, 3.05) is 13.7 Å². The number of aromatic nitrogens is 1. The number of hydrogen-bond donors (Lipinski definition) is 1. The zero-order valence-electron chi connectivity index (χ0n) is 16.9. The first-order chi connectivity index (χ1) is 15.0. The lowest BCUT2D eigenvalue weighted by molar-refractivity contribution is 0.0692. The third-order valence-electron chi connectivity index (χ3n) is 5.84. The number of fused-ring (bicyclic) bond motifs is 3. The van der Waals surface area contributed by atoms with Crippen LogP contribution in [-0.2, 0) is 6.42 Å². The van der Waals surface area contributed by atoms with Crippen LogP contribution in [0.25, 0.3) is 10.9 Å². The predicted molar refractivity (Wildman–Crippen MR) is 124 cm³/mol. The van der Waals surface area contributed by atoms with E-state index in [1.807, 2.05) is 41.3 Å².